The van der Waals surface area contributed by atoms with Crippen LogP contribution in [0.25, 0.3) is 10.8 Å². The molecule has 0 bridgehead atoms. The molecular formula is C18H21NO3. The molecule has 1 aliphatic heterocycles. The fraction of sp³-hybridized carbons (Fsp3) is 0.389. The molecule has 0 saturated carbocycles. The summed E-state index contributed by atoms with van der Waals surface area (Å²) >= 11 is 0. The van der Waals surface area contributed by atoms with E-state index in [9.17, 15) is 9.90 Å². The second-order valence-electron chi connectivity index (χ2n) is 6.16. The van der Waals surface area contributed by atoms with Gasteiger partial charge in [0.2, 0.25) is 0 Å². The van der Waals surface area contributed by atoms with Crippen molar-refractivity contribution in [1.82, 2.24) is 5.32 Å². The van der Waals surface area contributed by atoms with E-state index in [1.54, 1.807) is 0 Å². The molecule has 0 radical (unpaired) electrons. The smallest absolute Gasteiger partial charge is 0.325 e. The van der Waals surface area contributed by atoms with Crippen LogP contribution >= 0.6 is 0 Å². The fourth-order valence-electron chi connectivity index (χ4n) is 3.55. The van der Waals surface area contributed by atoms with Crippen LogP contribution < -0.4 is 5.32 Å². The van der Waals surface area contributed by atoms with Crippen LogP contribution in [0.3, 0.4) is 0 Å². The molecule has 0 unspecified atom stereocenters. The standard InChI is InChI=1S/C18H21NO3/c1-18(17(21)22-2)10-13(11-20)16(19-18)15-9-5-7-12-6-3-4-8-14(12)15/h3-9,13,16,19-20H,10-11H2,1-2H3/t13-,16+,18-/m0/s1. The molecule has 1 heterocycles. The molecule has 116 valence electrons. The zero-order valence-corrected chi connectivity index (χ0v) is 12.9. The van der Waals surface area contributed by atoms with Crippen LogP contribution in [0.15, 0.2) is 42.5 Å². The van der Waals surface area contributed by atoms with E-state index in [2.05, 4.69) is 29.6 Å². The van der Waals surface area contributed by atoms with Crippen molar-refractivity contribution in [3.05, 3.63) is 48.0 Å². The second kappa shape index (κ2) is 5.71. The lowest BCUT2D eigenvalue weighted by Gasteiger charge is -2.23. The summed E-state index contributed by atoms with van der Waals surface area (Å²) in [5.74, 6) is -0.302. The molecule has 1 aliphatic rings. The highest BCUT2D eigenvalue weighted by Gasteiger charge is 2.47. The molecule has 1 saturated heterocycles. The summed E-state index contributed by atoms with van der Waals surface area (Å²) in [6, 6.07) is 14.2. The third-order valence-electron chi connectivity index (χ3n) is 4.64. The summed E-state index contributed by atoms with van der Waals surface area (Å²) < 4.78 is 4.92. The summed E-state index contributed by atoms with van der Waals surface area (Å²) in [5.41, 5.74) is 0.355. The number of ether oxygens (including phenoxy) is 1. The number of esters is 1. The number of methoxy groups -OCH3 is 1. The van der Waals surface area contributed by atoms with Gasteiger partial charge in [0, 0.05) is 18.6 Å². The molecule has 1 fully saturated rings. The SMILES string of the molecule is COC(=O)[C@]1(C)C[C@@H](CO)[C@H](c2cccc3ccccc23)N1. The maximum Gasteiger partial charge on any atom is 0.325 e. The topological polar surface area (TPSA) is 58.6 Å². The van der Waals surface area contributed by atoms with Crippen molar-refractivity contribution in [2.45, 2.75) is 24.9 Å². The van der Waals surface area contributed by atoms with Gasteiger partial charge in [-0.25, -0.2) is 0 Å². The van der Waals surface area contributed by atoms with E-state index in [4.69, 9.17) is 4.74 Å². The normalized spacial score (nSPS) is 28.0. The number of rotatable bonds is 3. The van der Waals surface area contributed by atoms with Gasteiger partial charge < -0.3 is 9.84 Å². The Morgan fingerprint density at radius 3 is 2.77 bits per heavy atom. The van der Waals surface area contributed by atoms with Crippen LogP contribution in [0.5, 0.6) is 0 Å². The largest absolute Gasteiger partial charge is 0.468 e. The Balaban J connectivity index is 2.04. The molecular weight excluding hydrogens is 278 g/mol. The number of hydrogen-bond donors (Lipinski definition) is 2. The Kier molecular flexibility index (Phi) is 3.89. The van der Waals surface area contributed by atoms with Crippen molar-refractivity contribution in [1.29, 1.82) is 0 Å². The number of aliphatic hydroxyl groups excluding tert-OH is 1. The lowest BCUT2D eigenvalue weighted by atomic mass is 9.89. The number of fused-ring (bicyclic) bond motifs is 1. The third kappa shape index (κ3) is 2.38. The molecule has 0 aromatic heterocycles. The average molecular weight is 299 g/mol. The van der Waals surface area contributed by atoms with Crippen LogP contribution in [0, 0.1) is 5.92 Å². The minimum absolute atomic E-state index is 0.0186. The van der Waals surface area contributed by atoms with Crippen molar-refractivity contribution in [2.75, 3.05) is 13.7 Å². The van der Waals surface area contributed by atoms with E-state index < -0.39 is 5.54 Å². The van der Waals surface area contributed by atoms with Gasteiger partial charge in [0.05, 0.1) is 7.11 Å². The van der Waals surface area contributed by atoms with E-state index in [-0.39, 0.29) is 24.5 Å². The summed E-state index contributed by atoms with van der Waals surface area (Å²) in [6.07, 6.45) is 0.560. The molecule has 22 heavy (non-hydrogen) atoms. The van der Waals surface area contributed by atoms with Crippen LogP contribution in [-0.2, 0) is 9.53 Å². The first-order chi connectivity index (χ1) is 10.6. The molecule has 3 atom stereocenters. The molecule has 2 aromatic carbocycles. The summed E-state index contributed by atoms with van der Waals surface area (Å²) in [6.45, 7) is 1.88. The van der Waals surface area contributed by atoms with Crippen molar-refractivity contribution in [3.63, 3.8) is 0 Å². The molecule has 4 nitrogen and oxygen atoms in total. The number of aliphatic hydroxyl groups is 1. The van der Waals surface area contributed by atoms with Gasteiger partial charge in [-0.15, -0.1) is 0 Å². The highest BCUT2D eigenvalue weighted by atomic mass is 16.5. The third-order valence-corrected chi connectivity index (χ3v) is 4.64. The van der Waals surface area contributed by atoms with E-state index in [1.165, 1.54) is 7.11 Å². The Morgan fingerprint density at radius 2 is 2.05 bits per heavy atom. The van der Waals surface area contributed by atoms with E-state index in [1.807, 2.05) is 25.1 Å². The molecule has 0 spiro atoms. The fourth-order valence-corrected chi connectivity index (χ4v) is 3.55. The molecule has 0 aliphatic carbocycles. The number of carbonyl (C=O) groups is 1. The highest BCUT2D eigenvalue weighted by Crippen LogP contribution is 2.40. The molecule has 3 rings (SSSR count). The van der Waals surface area contributed by atoms with Crippen LogP contribution in [-0.4, -0.2) is 30.3 Å². The number of nitrogens with one attached hydrogen (secondary N) is 1. The number of hydrogen-bond acceptors (Lipinski definition) is 4. The van der Waals surface area contributed by atoms with E-state index in [0.717, 1.165) is 16.3 Å². The van der Waals surface area contributed by atoms with Crippen LogP contribution in [0.1, 0.15) is 24.9 Å². The van der Waals surface area contributed by atoms with Crippen molar-refractivity contribution >= 4 is 16.7 Å². The lowest BCUT2D eigenvalue weighted by molar-refractivity contribution is -0.147. The van der Waals surface area contributed by atoms with Gasteiger partial charge >= 0.3 is 5.97 Å². The van der Waals surface area contributed by atoms with Crippen LogP contribution in [0.4, 0.5) is 0 Å². The zero-order valence-electron chi connectivity index (χ0n) is 12.9. The Morgan fingerprint density at radius 1 is 1.32 bits per heavy atom. The maximum atomic E-state index is 12.1. The number of benzene rings is 2. The zero-order chi connectivity index (χ0) is 15.7. The first-order valence-electron chi connectivity index (χ1n) is 7.53. The highest BCUT2D eigenvalue weighted by molar-refractivity contribution is 5.87. The Bertz CT molecular complexity index is 694. The van der Waals surface area contributed by atoms with Gasteiger partial charge in [-0.1, -0.05) is 42.5 Å². The second-order valence-corrected chi connectivity index (χ2v) is 6.16. The molecule has 2 N–H and O–H groups in total. The first kappa shape index (κ1) is 15.0. The molecule has 4 heteroatoms. The lowest BCUT2D eigenvalue weighted by Crippen LogP contribution is -2.46. The first-order valence-corrected chi connectivity index (χ1v) is 7.53. The van der Waals surface area contributed by atoms with Gasteiger partial charge in [0.1, 0.15) is 5.54 Å². The van der Waals surface area contributed by atoms with Gasteiger partial charge in [-0.05, 0) is 29.7 Å². The molecule has 0 amide bonds. The van der Waals surface area contributed by atoms with Gasteiger partial charge in [0.25, 0.3) is 0 Å². The van der Waals surface area contributed by atoms with E-state index in [0.29, 0.717) is 6.42 Å². The van der Waals surface area contributed by atoms with Crippen molar-refractivity contribution in [2.24, 2.45) is 5.92 Å². The van der Waals surface area contributed by atoms with Crippen molar-refractivity contribution in [3.8, 4) is 0 Å². The minimum atomic E-state index is -0.760. The molecule has 2 aromatic rings. The summed E-state index contributed by atoms with van der Waals surface area (Å²) in [7, 11) is 1.40. The maximum absolute atomic E-state index is 12.1. The average Bonchev–Trinajstić information content (AvgIpc) is 2.91. The summed E-state index contributed by atoms with van der Waals surface area (Å²) in [4.78, 5) is 12.1. The quantitative estimate of drug-likeness (QED) is 0.855. The van der Waals surface area contributed by atoms with E-state index >= 15 is 0 Å². The van der Waals surface area contributed by atoms with Gasteiger partial charge in [-0.3, -0.25) is 10.1 Å². The Hall–Kier alpha value is -1.91. The Labute approximate surface area is 130 Å². The summed E-state index contributed by atoms with van der Waals surface area (Å²) in [5, 5.41) is 15.5. The monoisotopic (exact) mass is 299 g/mol. The van der Waals surface area contributed by atoms with Gasteiger partial charge in [-0.2, -0.15) is 0 Å². The predicted molar refractivity (Wildman–Crippen MR) is 85.4 cm³/mol. The van der Waals surface area contributed by atoms with Gasteiger partial charge in [0.15, 0.2) is 0 Å². The number of carbonyl (C=O) groups excluding carboxylic acids is 1. The van der Waals surface area contributed by atoms with Crippen LogP contribution in [0.2, 0.25) is 0 Å². The predicted octanol–water partition coefficient (Wildman–Crippen LogP) is 2.41. The van der Waals surface area contributed by atoms with Crippen molar-refractivity contribution < 1.29 is 14.6 Å². The minimum Gasteiger partial charge on any atom is -0.468 e.